The molecule has 0 atom stereocenters. The van der Waals surface area contributed by atoms with E-state index in [1.807, 2.05) is 18.2 Å². The van der Waals surface area contributed by atoms with Crippen molar-refractivity contribution < 1.29 is 4.79 Å². The molecule has 0 aliphatic rings. The van der Waals surface area contributed by atoms with Gasteiger partial charge in [0, 0.05) is 19.3 Å². The number of anilines is 1. The number of hydrogen-bond acceptors (Lipinski definition) is 6. The zero-order chi connectivity index (χ0) is 14.7. The van der Waals surface area contributed by atoms with Gasteiger partial charge in [0.05, 0.1) is 5.69 Å². The van der Waals surface area contributed by atoms with Gasteiger partial charge in [-0.2, -0.15) is 5.10 Å². The summed E-state index contributed by atoms with van der Waals surface area (Å²) in [6.07, 6.45) is 3.07. The monoisotopic (exact) mass is 284 g/mol. The van der Waals surface area contributed by atoms with E-state index < -0.39 is 0 Å². The summed E-state index contributed by atoms with van der Waals surface area (Å²) in [6, 6.07) is 7.34. The maximum Gasteiger partial charge on any atom is 0.247 e. The number of carbonyl (C=O) groups excluding carboxylic acids is 1. The van der Waals surface area contributed by atoms with Crippen LogP contribution >= 0.6 is 0 Å². The first kappa shape index (κ1) is 12.9. The maximum atomic E-state index is 11.9. The predicted octanol–water partition coefficient (Wildman–Crippen LogP) is 0.107. The summed E-state index contributed by atoms with van der Waals surface area (Å²) in [5.74, 6) is 0.339. The molecular weight excluding hydrogens is 272 g/mol. The molecular formula is C12H12N8O. The number of amides is 1. The Kier molecular flexibility index (Phi) is 3.37. The molecule has 1 amide bonds. The van der Waals surface area contributed by atoms with E-state index in [0.29, 0.717) is 11.5 Å². The molecule has 3 heterocycles. The lowest BCUT2D eigenvalue weighted by Gasteiger charge is -2.03. The lowest BCUT2D eigenvalue weighted by Crippen LogP contribution is -2.20. The molecule has 0 saturated carbocycles. The van der Waals surface area contributed by atoms with Crippen LogP contribution in [-0.4, -0.2) is 40.9 Å². The third kappa shape index (κ3) is 2.91. The maximum absolute atomic E-state index is 11.9. The number of rotatable bonds is 4. The highest BCUT2D eigenvalue weighted by molar-refractivity contribution is 5.90. The van der Waals surface area contributed by atoms with Crippen LogP contribution in [-0.2, 0) is 18.4 Å². The van der Waals surface area contributed by atoms with E-state index in [-0.39, 0.29) is 12.5 Å². The van der Waals surface area contributed by atoms with E-state index in [2.05, 4.69) is 30.9 Å². The van der Waals surface area contributed by atoms with Gasteiger partial charge in [0.15, 0.2) is 0 Å². The van der Waals surface area contributed by atoms with Gasteiger partial charge in [-0.15, -0.1) is 5.10 Å². The Morgan fingerprint density at radius 3 is 2.95 bits per heavy atom. The molecule has 0 spiro atoms. The zero-order valence-corrected chi connectivity index (χ0v) is 11.2. The Labute approximate surface area is 119 Å². The summed E-state index contributed by atoms with van der Waals surface area (Å²) >= 11 is 0. The van der Waals surface area contributed by atoms with Crippen molar-refractivity contribution >= 4 is 11.7 Å². The van der Waals surface area contributed by atoms with Gasteiger partial charge in [0.1, 0.15) is 24.4 Å². The average molecular weight is 284 g/mol. The Hall–Kier alpha value is -3.10. The lowest BCUT2D eigenvalue weighted by molar-refractivity contribution is -0.117. The molecule has 0 aliphatic heterocycles. The van der Waals surface area contributed by atoms with Crippen molar-refractivity contribution in [2.45, 2.75) is 6.54 Å². The zero-order valence-electron chi connectivity index (χ0n) is 11.2. The Morgan fingerprint density at radius 1 is 1.33 bits per heavy atom. The standard InChI is InChI=1S/C12H12N8O/c1-19-11(15-12(21)7-20-8-14-17-18-20)6-10(16-19)9-4-2-3-5-13-9/h2-6,8H,7H2,1H3,(H,15,21). The number of nitrogens with zero attached hydrogens (tertiary/aromatic N) is 7. The van der Waals surface area contributed by atoms with Crippen molar-refractivity contribution in [3.63, 3.8) is 0 Å². The first-order valence-electron chi connectivity index (χ1n) is 6.18. The Morgan fingerprint density at radius 2 is 2.24 bits per heavy atom. The van der Waals surface area contributed by atoms with E-state index in [1.54, 1.807) is 24.0 Å². The Balaban J connectivity index is 1.74. The van der Waals surface area contributed by atoms with Gasteiger partial charge in [0.25, 0.3) is 0 Å². The van der Waals surface area contributed by atoms with E-state index in [4.69, 9.17) is 0 Å². The van der Waals surface area contributed by atoms with Crippen LogP contribution in [0.5, 0.6) is 0 Å². The number of tetrazole rings is 1. The van der Waals surface area contributed by atoms with Crippen LogP contribution in [0.1, 0.15) is 0 Å². The van der Waals surface area contributed by atoms with Gasteiger partial charge in [-0.1, -0.05) is 6.07 Å². The van der Waals surface area contributed by atoms with E-state index >= 15 is 0 Å². The largest absolute Gasteiger partial charge is 0.309 e. The highest BCUT2D eigenvalue weighted by Crippen LogP contribution is 2.18. The summed E-state index contributed by atoms with van der Waals surface area (Å²) in [4.78, 5) is 16.1. The minimum Gasteiger partial charge on any atom is -0.309 e. The molecule has 9 heteroatoms. The summed E-state index contributed by atoms with van der Waals surface area (Å²) in [7, 11) is 1.75. The molecule has 9 nitrogen and oxygen atoms in total. The van der Waals surface area contributed by atoms with Gasteiger partial charge in [-0.3, -0.25) is 14.5 Å². The van der Waals surface area contributed by atoms with Crippen molar-refractivity contribution in [1.29, 1.82) is 0 Å². The third-order valence-electron chi connectivity index (χ3n) is 2.77. The molecule has 106 valence electrons. The second-order valence-corrected chi connectivity index (χ2v) is 4.31. The normalized spacial score (nSPS) is 10.5. The second kappa shape index (κ2) is 5.49. The van der Waals surface area contributed by atoms with Crippen LogP contribution in [0, 0.1) is 0 Å². The molecule has 3 aromatic rings. The smallest absolute Gasteiger partial charge is 0.247 e. The van der Waals surface area contributed by atoms with Crippen molar-refractivity contribution in [2.24, 2.45) is 7.05 Å². The number of aromatic nitrogens is 7. The highest BCUT2D eigenvalue weighted by atomic mass is 16.2. The van der Waals surface area contributed by atoms with Crippen molar-refractivity contribution in [1.82, 2.24) is 35.0 Å². The number of hydrogen-bond donors (Lipinski definition) is 1. The van der Waals surface area contributed by atoms with Gasteiger partial charge in [-0.05, 0) is 22.6 Å². The predicted molar refractivity (Wildman–Crippen MR) is 72.9 cm³/mol. The van der Waals surface area contributed by atoms with Gasteiger partial charge in [0.2, 0.25) is 5.91 Å². The number of nitrogens with one attached hydrogen (secondary N) is 1. The summed E-state index contributed by atoms with van der Waals surface area (Å²) in [6.45, 7) is 0.0388. The third-order valence-corrected chi connectivity index (χ3v) is 2.77. The van der Waals surface area contributed by atoms with Gasteiger partial charge >= 0.3 is 0 Å². The molecule has 0 radical (unpaired) electrons. The fraction of sp³-hybridized carbons (Fsp3) is 0.167. The molecule has 21 heavy (non-hydrogen) atoms. The first-order valence-corrected chi connectivity index (χ1v) is 6.18. The van der Waals surface area contributed by atoms with Crippen molar-refractivity contribution in [3.8, 4) is 11.4 Å². The molecule has 0 aliphatic carbocycles. The molecule has 0 unspecified atom stereocenters. The minimum absolute atomic E-state index is 0.0388. The number of aryl methyl sites for hydroxylation is 1. The van der Waals surface area contributed by atoms with E-state index in [1.165, 1.54) is 11.0 Å². The van der Waals surface area contributed by atoms with Crippen molar-refractivity contribution in [2.75, 3.05) is 5.32 Å². The fourth-order valence-corrected chi connectivity index (χ4v) is 1.81. The van der Waals surface area contributed by atoms with Crippen LogP contribution in [0.25, 0.3) is 11.4 Å². The lowest BCUT2D eigenvalue weighted by atomic mass is 10.3. The number of pyridine rings is 1. The molecule has 0 bridgehead atoms. The Bertz CT molecular complexity index is 734. The van der Waals surface area contributed by atoms with Crippen LogP contribution < -0.4 is 5.32 Å². The summed E-state index contributed by atoms with van der Waals surface area (Å²) in [5, 5.41) is 17.7. The van der Waals surface area contributed by atoms with Crippen LogP contribution in [0.15, 0.2) is 36.8 Å². The summed E-state index contributed by atoms with van der Waals surface area (Å²) < 4.78 is 2.92. The van der Waals surface area contributed by atoms with Crippen LogP contribution in [0.4, 0.5) is 5.82 Å². The number of carbonyl (C=O) groups is 1. The van der Waals surface area contributed by atoms with E-state index in [0.717, 1.165) is 5.69 Å². The molecule has 0 saturated heterocycles. The highest BCUT2D eigenvalue weighted by Gasteiger charge is 2.11. The van der Waals surface area contributed by atoms with Gasteiger partial charge in [-0.25, -0.2) is 4.68 Å². The average Bonchev–Trinajstić information content (AvgIpc) is 3.11. The van der Waals surface area contributed by atoms with E-state index in [9.17, 15) is 4.79 Å². The molecule has 3 aromatic heterocycles. The topological polar surface area (TPSA) is 103 Å². The van der Waals surface area contributed by atoms with Gasteiger partial charge < -0.3 is 5.32 Å². The summed E-state index contributed by atoms with van der Waals surface area (Å²) in [5.41, 5.74) is 1.44. The fourth-order valence-electron chi connectivity index (χ4n) is 1.81. The molecule has 0 aromatic carbocycles. The molecule has 3 rings (SSSR count). The minimum atomic E-state index is -0.238. The molecule has 0 fully saturated rings. The SMILES string of the molecule is Cn1nc(-c2ccccn2)cc1NC(=O)Cn1cnnn1. The first-order chi connectivity index (χ1) is 10.2. The molecule has 1 N–H and O–H groups in total. The van der Waals surface area contributed by atoms with Crippen LogP contribution in [0.2, 0.25) is 0 Å². The van der Waals surface area contributed by atoms with Crippen molar-refractivity contribution in [3.05, 3.63) is 36.8 Å². The second-order valence-electron chi connectivity index (χ2n) is 4.31. The van der Waals surface area contributed by atoms with Crippen LogP contribution in [0.3, 0.4) is 0 Å². The quantitative estimate of drug-likeness (QED) is 0.729.